The summed E-state index contributed by atoms with van der Waals surface area (Å²) in [5.74, 6) is -0.963. The lowest BCUT2D eigenvalue weighted by Gasteiger charge is -2.40. The van der Waals surface area contributed by atoms with Crippen molar-refractivity contribution in [3.8, 4) is 0 Å². The van der Waals surface area contributed by atoms with Crippen molar-refractivity contribution >= 4 is 23.6 Å². The van der Waals surface area contributed by atoms with Gasteiger partial charge in [0.1, 0.15) is 0 Å². The van der Waals surface area contributed by atoms with Gasteiger partial charge in [-0.15, -0.1) is 0 Å². The molecule has 6 heteroatoms. The lowest BCUT2D eigenvalue weighted by Crippen LogP contribution is -2.53. The molecule has 2 aromatic carbocycles. The summed E-state index contributed by atoms with van der Waals surface area (Å²) in [4.78, 5) is 28.0. The second kappa shape index (κ2) is 9.31. The van der Waals surface area contributed by atoms with Crippen molar-refractivity contribution in [3.05, 3.63) is 69.7 Å². The molecule has 29 heavy (non-hydrogen) atoms. The second-order valence-electron chi connectivity index (χ2n) is 7.72. The molecule has 0 saturated carbocycles. The SMILES string of the molecule is CCc1ccccc1CN1CC(CC(=O)O)CN(Cc2ccc(C)cc2Cl)C1=O. The summed E-state index contributed by atoms with van der Waals surface area (Å²) in [5.41, 5.74) is 4.24. The molecule has 3 rings (SSSR count). The summed E-state index contributed by atoms with van der Waals surface area (Å²) in [6.07, 6.45) is 0.927. The number of carbonyl (C=O) groups is 2. The molecule has 0 aromatic heterocycles. The van der Waals surface area contributed by atoms with Crippen LogP contribution in [0.25, 0.3) is 0 Å². The molecule has 1 heterocycles. The van der Waals surface area contributed by atoms with Gasteiger partial charge in [-0.25, -0.2) is 4.79 Å². The Bertz CT molecular complexity index is 899. The molecule has 1 atom stereocenters. The van der Waals surface area contributed by atoms with Gasteiger partial charge in [0.2, 0.25) is 0 Å². The number of carboxylic acid groups (broad SMARTS) is 1. The van der Waals surface area contributed by atoms with E-state index in [-0.39, 0.29) is 18.4 Å². The predicted octanol–water partition coefficient (Wildman–Crippen LogP) is 4.74. The third-order valence-corrected chi connectivity index (χ3v) is 5.74. The Labute approximate surface area is 176 Å². The van der Waals surface area contributed by atoms with Crippen LogP contribution >= 0.6 is 11.6 Å². The molecular formula is C23H27ClN2O3. The molecule has 5 nitrogen and oxygen atoms in total. The van der Waals surface area contributed by atoms with Crippen molar-refractivity contribution in [1.82, 2.24) is 9.80 Å². The van der Waals surface area contributed by atoms with Crippen molar-refractivity contribution in [2.75, 3.05) is 13.1 Å². The number of urea groups is 1. The van der Waals surface area contributed by atoms with Crippen molar-refractivity contribution in [3.63, 3.8) is 0 Å². The molecule has 0 radical (unpaired) electrons. The van der Waals surface area contributed by atoms with Gasteiger partial charge in [-0.1, -0.05) is 54.9 Å². The van der Waals surface area contributed by atoms with Gasteiger partial charge in [-0.05, 0) is 41.7 Å². The van der Waals surface area contributed by atoms with Crippen LogP contribution in [0.2, 0.25) is 5.02 Å². The number of nitrogens with zero attached hydrogens (tertiary/aromatic N) is 2. The van der Waals surface area contributed by atoms with Crippen LogP contribution in [0.4, 0.5) is 4.79 Å². The zero-order chi connectivity index (χ0) is 21.0. The minimum atomic E-state index is -0.841. The first-order valence-electron chi connectivity index (χ1n) is 9.94. The summed E-state index contributed by atoms with van der Waals surface area (Å²) in [7, 11) is 0. The Hall–Kier alpha value is -2.53. The monoisotopic (exact) mass is 414 g/mol. The fourth-order valence-electron chi connectivity index (χ4n) is 3.93. The first kappa shape index (κ1) is 21.2. The first-order valence-corrected chi connectivity index (χ1v) is 10.3. The van der Waals surface area contributed by atoms with E-state index in [0.717, 1.165) is 23.1 Å². The van der Waals surface area contributed by atoms with Gasteiger partial charge in [-0.2, -0.15) is 0 Å². The number of amides is 2. The molecule has 154 valence electrons. The molecule has 1 aliphatic heterocycles. The van der Waals surface area contributed by atoms with Crippen molar-refractivity contribution in [1.29, 1.82) is 0 Å². The third kappa shape index (κ3) is 5.30. The van der Waals surface area contributed by atoms with Crippen molar-refractivity contribution in [2.45, 2.75) is 39.8 Å². The Kier molecular flexibility index (Phi) is 6.80. The Morgan fingerprint density at radius 3 is 2.28 bits per heavy atom. The summed E-state index contributed by atoms with van der Waals surface area (Å²) in [6.45, 7) is 5.78. The second-order valence-corrected chi connectivity index (χ2v) is 8.13. The number of hydrogen-bond donors (Lipinski definition) is 1. The summed E-state index contributed by atoms with van der Waals surface area (Å²) in [6, 6.07) is 13.8. The van der Waals surface area contributed by atoms with Crippen LogP contribution in [-0.4, -0.2) is 40.0 Å². The van der Waals surface area contributed by atoms with Gasteiger partial charge in [0, 0.05) is 37.1 Å². The minimum Gasteiger partial charge on any atom is -0.481 e. The van der Waals surface area contributed by atoms with Crippen LogP contribution in [0, 0.1) is 12.8 Å². The summed E-state index contributed by atoms with van der Waals surface area (Å²) >= 11 is 6.38. The zero-order valence-corrected chi connectivity index (χ0v) is 17.7. The number of carboxylic acids is 1. The Morgan fingerprint density at radius 2 is 1.69 bits per heavy atom. The smallest absolute Gasteiger partial charge is 0.320 e. The number of hydrogen-bond acceptors (Lipinski definition) is 2. The van der Waals surface area contributed by atoms with Gasteiger partial charge < -0.3 is 14.9 Å². The van der Waals surface area contributed by atoms with Gasteiger partial charge in [0.15, 0.2) is 0 Å². The van der Waals surface area contributed by atoms with Gasteiger partial charge in [-0.3, -0.25) is 4.79 Å². The first-order chi connectivity index (χ1) is 13.9. The van der Waals surface area contributed by atoms with E-state index in [2.05, 4.69) is 13.0 Å². The highest BCUT2D eigenvalue weighted by Gasteiger charge is 2.33. The van der Waals surface area contributed by atoms with Crippen LogP contribution in [0.3, 0.4) is 0 Å². The number of aliphatic carboxylic acids is 1. The van der Waals surface area contributed by atoms with Gasteiger partial charge in [0.05, 0.1) is 6.42 Å². The standard InChI is InChI=1S/C23H27ClN2O3/c1-3-18-6-4-5-7-19(18)14-25-12-17(11-22(27)28)13-26(23(25)29)15-20-9-8-16(2)10-21(20)24/h4-10,17H,3,11-15H2,1-2H3,(H,27,28). The quantitative estimate of drug-likeness (QED) is 0.711. The Balaban J connectivity index is 1.83. The number of halogens is 1. The lowest BCUT2D eigenvalue weighted by molar-refractivity contribution is -0.138. The van der Waals surface area contributed by atoms with E-state index in [1.165, 1.54) is 5.56 Å². The van der Waals surface area contributed by atoms with Crippen LogP contribution in [-0.2, 0) is 24.3 Å². The lowest BCUT2D eigenvalue weighted by atomic mass is 9.99. The summed E-state index contributed by atoms with van der Waals surface area (Å²) < 4.78 is 0. The highest BCUT2D eigenvalue weighted by atomic mass is 35.5. The van der Waals surface area contributed by atoms with E-state index in [0.29, 0.717) is 31.2 Å². The van der Waals surface area contributed by atoms with E-state index >= 15 is 0 Å². The highest BCUT2D eigenvalue weighted by molar-refractivity contribution is 6.31. The fourth-order valence-corrected chi connectivity index (χ4v) is 4.22. The zero-order valence-electron chi connectivity index (χ0n) is 16.9. The topological polar surface area (TPSA) is 60.9 Å². The van der Waals surface area contributed by atoms with Crippen LogP contribution in [0.1, 0.15) is 35.6 Å². The van der Waals surface area contributed by atoms with Crippen molar-refractivity contribution in [2.24, 2.45) is 5.92 Å². The molecule has 1 saturated heterocycles. The van der Waals surface area contributed by atoms with E-state index in [1.807, 2.05) is 43.3 Å². The van der Waals surface area contributed by atoms with Crippen LogP contribution in [0.5, 0.6) is 0 Å². The van der Waals surface area contributed by atoms with Gasteiger partial charge >= 0.3 is 12.0 Å². The third-order valence-electron chi connectivity index (χ3n) is 5.39. The minimum absolute atomic E-state index is 0.0390. The molecule has 1 unspecified atom stereocenters. The number of benzene rings is 2. The number of rotatable bonds is 7. The molecule has 1 N–H and O–H groups in total. The van der Waals surface area contributed by atoms with E-state index in [1.54, 1.807) is 9.80 Å². The molecule has 0 bridgehead atoms. The van der Waals surface area contributed by atoms with Crippen LogP contribution in [0.15, 0.2) is 42.5 Å². The summed E-state index contributed by atoms with van der Waals surface area (Å²) in [5, 5.41) is 9.92. The van der Waals surface area contributed by atoms with Crippen molar-refractivity contribution < 1.29 is 14.7 Å². The number of aryl methyl sites for hydroxylation is 2. The molecule has 0 spiro atoms. The largest absolute Gasteiger partial charge is 0.481 e. The fraction of sp³-hybridized carbons (Fsp3) is 0.391. The maximum Gasteiger partial charge on any atom is 0.320 e. The highest BCUT2D eigenvalue weighted by Crippen LogP contribution is 2.25. The van der Waals surface area contributed by atoms with Gasteiger partial charge in [0.25, 0.3) is 0 Å². The predicted molar refractivity (Wildman–Crippen MR) is 114 cm³/mol. The molecule has 1 fully saturated rings. The molecule has 1 aliphatic rings. The Morgan fingerprint density at radius 1 is 1.07 bits per heavy atom. The average molecular weight is 415 g/mol. The normalized spacial score (nSPS) is 16.9. The van der Waals surface area contributed by atoms with E-state index < -0.39 is 5.97 Å². The molecule has 0 aliphatic carbocycles. The molecule has 2 amide bonds. The van der Waals surface area contributed by atoms with Crippen LogP contribution < -0.4 is 0 Å². The molecule has 2 aromatic rings. The maximum atomic E-state index is 13.2. The average Bonchev–Trinajstić information content (AvgIpc) is 2.67. The maximum absolute atomic E-state index is 13.2. The number of carbonyl (C=O) groups excluding carboxylic acids is 1. The van der Waals surface area contributed by atoms with E-state index in [9.17, 15) is 14.7 Å². The molecular weight excluding hydrogens is 388 g/mol. The van der Waals surface area contributed by atoms with E-state index in [4.69, 9.17) is 11.6 Å².